The lowest BCUT2D eigenvalue weighted by Crippen LogP contribution is -2.30. The minimum Gasteiger partial charge on any atom is -0.307 e. The van der Waals surface area contributed by atoms with Crippen molar-refractivity contribution in [2.75, 3.05) is 4.90 Å². The third kappa shape index (κ3) is 3.36. The van der Waals surface area contributed by atoms with Crippen molar-refractivity contribution in [3.05, 3.63) is 46.3 Å². The summed E-state index contributed by atoms with van der Waals surface area (Å²) < 4.78 is 1.33. The van der Waals surface area contributed by atoms with Crippen molar-refractivity contribution in [1.29, 1.82) is 0 Å². The lowest BCUT2D eigenvalue weighted by molar-refractivity contribution is -0.116. The van der Waals surface area contributed by atoms with Crippen LogP contribution in [0.1, 0.15) is 31.0 Å². The predicted octanol–water partition coefficient (Wildman–Crippen LogP) is 4.16. The number of fused-ring (bicyclic) bond motifs is 1. The first kappa shape index (κ1) is 15.7. The van der Waals surface area contributed by atoms with Gasteiger partial charge in [0.05, 0.1) is 5.69 Å². The Bertz CT molecular complexity index is 866. The average Bonchev–Trinajstić information content (AvgIpc) is 3.08. The minimum absolute atomic E-state index is 0.0930. The number of aromatic nitrogens is 1. The Labute approximate surface area is 149 Å². The van der Waals surface area contributed by atoms with Gasteiger partial charge in [-0.05, 0) is 47.4 Å². The molecule has 1 aromatic carbocycles. The zero-order valence-electron chi connectivity index (χ0n) is 13.5. The topological polar surface area (TPSA) is 45.2 Å². The van der Waals surface area contributed by atoms with E-state index in [0.29, 0.717) is 12.6 Å². The summed E-state index contributed by atoms with van der Waals surface area (Å²) in [6, 6.07) is 9.11. The number of benzene rings is 1. The molecular formula is C18H19N3OS2. The van der Waals surface area contributed by atoms with Crippen LogP contribution >= 0.6 is 22.7 Å². The number of nitrogens with one attached hydrogen (secondary N) is 1. The van der Waals surface area contributed by atoms with E-state index < -0.39 is 0 Å². The molecule has 2 aromatic heterocycles. The summed E-state index contributed by atoms with van der Waals surface area (Å²) in [6.45, 7) is 3.16. The number of hydrogen-bond acceptors (Lipinski definition) is 5. The molecule has 0 atom stereocenters. The van der Waals surface area contributed by atoms with E-state index in [0.717, 1.165) is 30.2 Å². The maximum absolute atomic E-state index is 11.8. The summed E-state index contributed by atoms with van der Waals surface area (Å²) in [5.74, 6) is 0.0930. The van der Waals surface area contributed by atoms with Gasteiger partial charge in [0.1, 0.15) is 0 Å². The smallest absolute Gasteiger partial charge is 0.225 e. The van der Waals surface area contributed by atoms with E-state index >= 15 is 0 Å². The first-order chi connectivity index (χ1) is 11.7. The number of carbonyl (C=O) groups excluding carboxylic acids is 1. The number of hydrogen-bond donors (Lipinski definition) is 1. The largest absolute Gasteiger partial charge is 0.307 e. The van der Waals surface area contributed by atoms with Gasteiger partial charge in [-0.25, -0.2) is 4.98 Å². The van der Waals surface area contributed by atoms with Crippen LogP contribution in [0.15, 0.2) is 35.0 Å². The average molecular weight is 358 g/mol. The second-order valence-electron chi connectivity index (χ2n) is 6.14. The lowest BCUT2D eigenvalue weighted by atomic mass is 10.1. The van der Waals surface area contributed by atoms with Crippen molar-refractivity contribution >= 4 is 43.8 Å². The van der Waals surface area contributed by atoms with Crippen LogP contribution in [0.2, 0.25) is 0 Å². The second-order valence-corrected chi connectivity index (χ2v) is 7.92. The number of thiophene rings is 1. The highest BCUT2D eigenvalue weighted by molar-refractivity contribution is 7.17. The first-order valence-corrected chi connectivity index (χ1v) is 9.88. The number of carbonyl (C=O) groups is 1. The summed E-state index contributed by atoms with van der Waals surface area (Å²) in [5.41, 5.74) is 2.28. The molecule has 3 aromatic rings. The van der Waals surface area contributed by atoms with Crippen molar-refractivity contribution < 1.29 is 4.79 Å². The second kappa shape index (κ2) is 6.63. The molecule has 4 rings (SSSR count). The molecule has 1 N–H and O–H groups in total. The van der Waals surface area contributed by atoms with Gasteiger partial charge in [-0.3, -0.25) is 9.69 Å². The molecular weight excluding hydrogens is 338 g/mol. The minimum atomic E-state index is 0.0930. The highest BCUT2D eigenvalue weighted by atomic mass is 32.1. The highest BCUT2D eigenvalue weighted by Crippen LogP contribution is 2.33. The van der Waals surface area contributed by atoms with Crippen molar-refractivity contribution in [1.82, 2.24) is 10.3 Å². The molecule has 2 heterocycles. The van der Waals surface area contributed by atoms with E-state index in [1.165, 1.54) is 15.6 Å². The number of amides is 1. The van der Waals surface area contributed by atoms with Crippen LogP contribution in [-0.2, 0) is 17.9 Å². The van der Waals surface area contributed by atoms with Crippen LogP contribution in [0, 0.1) is 0 Å². The van der Waals surface area contributed by atoms with Gasteiger partial charge in [-0.2, -0.15) is 0 Å². The van der Waals surface area contributed by atoms with Crippen molar-refractivity contribution in [3.8, 4) is 0 Å². The Morgan fingerprint density at radius 1 is 1.29 bits per heavy atom. The molecule has 0 radical (unpaired) electrons. The standard InChI is InChI=1S/C18H19N3OS2/c1-12(22)21(16-3-4-16)18-20-15(11-24-18)10-19-9-13-2-5-17-14(8-13)6-7-23-17/h2,5-8,11,16,19H,3-4,9-10H2,1H3. The molecule has 1 amide bonds. The van der Waals surface area contributed by atoms with E-state index in [-0.39, 0.29) is 5.91 Å². The first-order valence-electron chi connectivity index (χ1n) is 8.12. The van der Waals surface area contributed by atoms with Gasteiger partial charge >= 0.3 is 0 Å². The van der Waals surface area contributed by atoms with E-state index in [9.17, 15) is 4.79 Å². The Balaban J connectivity index is 1.36. The maximum Gasteiger partial charge on any atom is 0.225 e. The van der Waals surface area contributed by atoms with Crippen LogP contribution in [0.5, 0.6) is 0 Å². The molecule has 124 valence electrons. The van der Waals surface area contributed by atoms with Crippen molar-refractivity contribution in [2.24, 2.45) is 0 Å². The van der Waals surface area contributed by atoms with E-state index in [2.05, 4.69) is 39.9 Å². The third-order valence-corrected chi connectivity index (χ3v) is 5.94. The Kier molecular flexibility index (Phi) is 4.35. The fourth-order valence-electron chi connectivity index (χ4n) is 2.83. The van der Waals surface area contributed by atoms with Crippen LogP contribution in [-0.4, -0.2) is 16.9 Å². The zero-order chi connectivity index (χ0) is 16.5. The van der Waals surface area contributed by atoms with Gasteiger partial charge < -0.3 is 5.32 Å². The SMILES string of the molecule is CC(=O)N(c1nc(CNCc2ccc3sccc3c2)cs1)C1CC1. The number of anilines is 1. The van der Waals surface area contributed by atoms with Crippen LogP contribution in [0.25, 0.3) is 10.1 Å². The molecule has 0 aliphatic heterocycles. The molecule has 0 unspecified atom stereocenters. The van der Waals surface area contributed by atoms with E-state index in [4.69, 9.17) is 0 Å². The zero-order valence-corrected chi connectivity index (χ0v) is 15.1. The molecule has 0 saturated heterocycles. The molecule has 6 heteroatoms. The van der Waals surface area contributed by atoms with Gasteiger partial charge in [0.25, 0.3) is 0 Å². The van der Waals surface area contributed by atoms with Crippen LogP contribution < -0.4 is 10.2 Å². The Hall–Kier alpha value is -1.76. The molecule has 1 fully saturated rings. The monoisotopic (exact) mass is 357 g/mol. The number of rotatable bonds is 6. The maximum atomic E-state index is 11.8. The molecule has 1 aliphatic rings. The molecule has 24 heavy (non-hydrogen) atoms. The molecule has 0 bridgehead atoms. The molecule has 0 spiro atoms. The third-order valence-electron chi connectivity index (χ3n) is 4.15. The van der Waals surface area contributed by atoms with Gasteiger partial charge in [0, 0.05) is 36.1 Å². The Morgan fingerprint density at radius 2 is 2.17 bits per heavy atom. The molecule has 1 aliphatic carbocycles. The van der Waals surface area contributed by atoms with Gasteiger partial charge in [0.2, 0.25) is 5.91 Å². The Morgan fingerprint density at radius 3 is 2.96 bits per heavy atom. The van der Waals surface area contributed by atoms with E-state index in [1.807, 2.05) is 10.3 Å². The highest BCUT2D eigenvalue weighted by Gasteiger charge is 2.33. The predicted molar refractivity (Wildman–Crippen MR) is 101 cm³/mol. The number of nitrogens with zero attached hydrogens (tertiary/aromatic N) is 2. The normalized spacial score (nSPS) is 14.2. The van der Waals surface area contributed by atoms with Gasteiger partial charge in [-0.15, -0.1) is 22.7 Å². The van der Waals surface area contributed by atoms with Gasteiger partial charge in [-0.1, -0.05) is 6.07 Å². The fourth-order valence-corrected chi connectivity index (χ4v) is 4.54. The molecule has 4 nitrogen and oxygen atoms in total. The summed E-state index contributed by atoms with van der Waals surface area (Å²) in [5, 5.41) is 9.75. The lowest BCUT2D eigenvalue weighted by Gasteiger charge is -2.16. The fraction of sp³-hybridized carbons (Fsp3) is 0.333. The summed E-state index contributed by atoms with van der Waals surface area (Å²) >= 11 is 3.33. The summed E-state index contributed by atoms with van der Waals surface area (Å²) in [6.07, 6.45) is 2.19. The molecule has 1 saturated carbocycles. The van der Waals surface area contributed by atoms with E-state index in [1.54, 1.807) is 29.6 Å². The summed E-state index contributed by atoms with van der Waals surface area (Å²) in [7, 11) is 0. The summed E-state index contributed by atoms with van der Waals surface area (Å²) in [4.78, 5) is 18.3. The van der Waals surface area contributed by atoms with Crippen molar-refractivity contribution in [2.45, 2.75) is 38.9 Å². The number of thiazole rings is 1. The van der Waals surface area contributed by atoms with Crippen LogP contribution in [0.4, 0.5) is 5.13 Å². The van der Waals surface area contributed by atoms with Gasteiger partial charge in [0.15, 0.2) is 5.13 Å². The quantitative estimate of drug-likeness (QED) is 0.720. The van der Waals surface area contributed by atoms with Crippen molar-refractivity contribution in [3.63, 3.8) is 0 Å². The van der Waals surface area contributed by atoms with Crippen LogP contribution in [0.3, 0.4) is 0 Å².